The van der Waals surface area contributed by atoms with Gasteiger partial charge in [0.1, 0.15) is 4.88 Å². The molecule has 9 heteroatoms. The van der Waals surface area contributed by atoms with Crippen LogP contribution in [0, 0.1) is 0 Å². The average Bonchev–Trinajstić information content (AvgIpc) is 3.35. The van der Waals surface area contributed by atoms with Crippen molar-refractivity contribution in [3.05, 3.63) is 47.6 Å². The predicted molar refractivity (Wildman–Crippen MR) is 119 cm³/mol. The third kappa shape index (κ3) is 4.52. The number of carbonyl (C=O) groups is 2. The van der Waals surface area contributed by atoms with E-state index in [0.717, 1.165) is 47.5 Å². The number of benzene rings is 1. The maximum absolute atomic E-state index is 12.9. The fourth-order valence-electron chi connectivity index (χ4n) is 3.58. The normalized spacial score (nSPS) is 16.2. The van der Waals surface area contributed by atoms with E-state index >= 15 is 0 Å². The Hall–Kier alpha value is -3.17. The smallest absolute Gasteiger partial charge is 0.316 e. The van der Waals surface area contributed by atoms with E-state index in [4.69, 9.17) is 5.73 Å². The van der Waals surface area contributed by atoms with Gasteiger partial charge in [0.15, 0.2) is 0 Å². The molecule has 3 aromatic rings. The van der Waals surface area contributed by atoms with Crippen molar-refractivity contribution in [1.82, 2.24) is 20.4 Å². The van der Waals surface area contributed by atoms with E-state index in [2.05, 4.69) is 21.0 Å². The number of aryl methyl sites for hydroxylation is 1. The Morgan fingerprint density at radius 1 is 1.27 bits per heavy atom. The number of primary amides is 1. The number of thiophene rings is 1. The van der Waals surface area contributed by atoms with Crippen molar-refractivity contribution >= 4 is 29.0 Å². The SMILES string of the molecule is Cn1cc(-c2cccc(-c3cc(NC(N)=O)c(C(=O)N[C@@H]4CCCNC4)s3)c2)cn1. The molecule has 0 spiro atoms. The number of anilines is 1. The van der Waals surface area contributed by atoms with Crippen LogP contribution in [0.15, 0.2) is 42.7 Å². The zero-order valence-electron chi connectivity index (χ0n) is 16.6. The quantitative estimate of drug-likeness (QED) is 0.504. The number of amides is 3. The fourth-order valence-corrected chi connectivity index (χ4v) is 4.59. The Labute approximate surface area is 178 Å². The largest absolute Gasteiger partial charge is 0.351 e. The molecular weight excluding hydrogens is 400 g/mol. The summed E-state index contributed by atoms with van der Waals surface area (Å²) in [5, 5.41) is 13.2. The number of nitrogens with zero attached hydrogens (tertiary/aromatic N) is 2. The number of hydrogen-bond donors (Lipinski definition) is 4. The van der Waals surface area contributed by atoms with Gasteiger partial charge >= 0.3 is 6.03 Å². The molecule has 30 heavy (non-hydrogen) atoms. The van der Waals surface area contributed by atoms with E-state index in [1.165, 1.54) is 11.3 Å². The Kier molecular flexibility index (Phi) is 5.82. The van der Waals surface area contributed by atoms with E-state index in [1.807, 2.05) is 43.7 Å². The summed E-state index contributed by atoms with van der Waals surface area (Å²) in [5.74, 6) is -0.202. The third-order valence-electron chi connectivity index (χ3n) is 5.01. The van der Waals surface area contributed by atoms with E-state index in [0.29, 0.717) is 10.6 Å². The van der Waals surface area contributed by atoms with Crippen LogP contribution in [0.2, 0.25) is 0 Å². The lowest BCUT2D eigenvalue weighted by Crippen LogP contribution is -2.45. The van der Waals surface area contributed by atoms with E-state index < -0.39 is 6.03 Å². The number of aromatic nitrogens is 2. The highest BCUT2D eigenvalue weighted by atomic mass is 32.1. The second-order valence-corrected chi connectivity index (χ2v) is 8.40. The van der Waals surface area contributed by atoms with Crippen molar-refractivity contribution in [3.63, 3.8) is 0 Å². The Morgan fingerprint density at radius 3 is 2.80 bits per heavy atom. The van der Waals surface area contributed by atoms with Crippen molar-refractivity contribution in [2.75, 3.05) is 18.4 Å². The summed E-state index contributed by atoms with van der Waals surface area (Å²) in [7, 11) is 1.88. The molecule has 1 atom stereocenters. The van der Waals surface area contributed by atoms with Gasteiger partial charge in [0.05, 0.1) is 11.9 Å². The predicted octanol–water partition coefficient (Wildman–Crippen LogP) is 2.79. The van der Waals surface area contributed by atoms with Crippen molar-refractivity contribution in [3.8, 4) is 21.6 Å². The van der Waals surface area contributed by atoms with E-state index in [9.17, 15) is 9.59 Å². The van der Waals surface area contributed by atoms with Gasteiger partial charge in [0, 0.05) is 36.3 Å². The van der Waals surface area contributed by atoms with E-state index in [-0.39, 0.29) is 11.9 Å². The standard InChI is InChI=1S/C21H24N6O2S/c1-27-12-15(10-24-27)13-4-2-5-14(8-13)18-9-17(26-21(22)29)19(30-18)20(28)25-16-6-3-7-23-11-16/h2,4-5,8-10,12,16,23H,3,6-7,11H2,1H3,(H,25,28)(H3,22,26,29)/t16-/m1/s1. The molecule has 1 aliphatic rings. The molecule has 1 aromatic carbocycles. The van der Waals surface area contributed by atoms with Crippen molar-refractivity contribution in [1.29, 1.82) is 0 Å². The summed E-state index contributed by atoms with van der Waals surface area (Å²) in [5.41, 5.74) is 8.74. The van der Waals surface area contributed by atoms with Gasteiger partial charge < -0.3 is 21.7 Å². The minimum atomic E-state index is -0.697. The summed E-state index contributed by atoms with van der Waals surface area (Å²) in [4.78, 5) is 25.7. The minimum absolute atomic E-state index is 0.0761. The van der Waals surface area contributed by atoms with Gasteiger partial charge in [-0.25, -0.2) is 4.79 Å². The van der Waals surface area contributed by atoms with Crippen LogP contribution in [0.3, 0.4) is 0 Å². The Bertz CT molecular complexity index is 1070. The molecule has 0 unspecified atom stereocenters. The van der Waals surface area contributed by atoms with Gasteiger partial charge in [-0.1, -0.05) is 18.2 Å². The Balaban J connectivity index is 1.64. The summed E-state index contributed by atoms with van der Waals surface area (Å²) in [6.45, 7) is 1.72. The van der Waals surface area contributed by atoms with Crippen LogP contribution in [-0.4, -0.2) is 40.9 Å². The van der Waals surface area contributed by atoms with Crippen molar-refractivity contribution < 1.29 is 9.59 Å². The van der Waals surface area contributed by atoms with Crippen LogP contribution in [0.5, 0.6) is 0 Å². The number of hydrogen-bond acceptors (Lipinski definition) is 5. The first kappa shape index (κ1) is 20.1. The molecule has 1 saturated heterocycles. The van der Waals surface area contributed by atoms with Gasteiger partial charge in [0.25, 0.3) is 5.91 Å². The van der Waals surface area contributed by atoms with Crippen LogP contribution < -0.4 is 21.7 Å². The summed E-state index contributed by atoms with van der Waals surface area (Å²) >= 11 is 1.34. The monoisotopic (exact) mass is 424 g/mol. The minimum Gasteiger partial charge on any atom is -0.351 e. The van der Waals surface area contributed by atoms with Crippen molar-refractivity contribution in [2.24, 2.45) is 12.8 Å². The number of nitrogens with two attached hydrogens (primary N) is 1. The van der Waals surface area contributed by atoms with Gasteiger partial charge in [-0.15, -0.1) is 11.3 Å². The fraction of sp³-hybridized carbons (Fsp3) is 0.286. The summed E-state index contributed by atoms with van der Waals surface area (Å²) in [6.07, 6.45) is 5.71. The molecule has 1 fully saturated rings. The van der Waals surface area contributed by atoms with Crippen LogP contribution in [0.1, 0.15) is 22.5 Å². The lowest BCUT2D eigenvalue weighted by atomic mass is 10.1. The maximum Gasteiger partial charge on any atom is 0.316 e. The number of nitrogens with one attached hydrogen (secondary N) is 3. The molecule has 1 aliphatic heterocycles. The van der Waals surface area contributed by atoms with Crippen molar-refractivity contribution in [2.45, 2.75) is 18.9 Å². The molecule has 4 rings (SSSR count). The van der Waals surface area contributed by atoms with Gasteiger partial charge in [0.2, 0.25) is 0 Å². The number of urea groups is 1. The highest BCUT2D eigenvalue weighted by molar-refractivity contribution is 7.18. The van der Waals surface area contributed by atoms with Crippen LogP contribution in [0.4, 0.5) is 10.5 Å². The van der Waals surface area contributed by atoms with Gasteiger partial charge in [-0.2, -0.15) is 5.10 Å². The number of rotatable bonds is 5. The first-order valence-electron chi connectivity index (χ1n) is 9.81. The molecule has 0 radical (unpaired) electrons. The second-order valence-electron chi connectivity index (χ2n) is 7.34. The van der Waals surface area contributed by atoms with Crippen LogP contribution in [0.25, 0.3) is 21.6 Å². The van der Waals surface area contributed by atoms with Crippen LogP contribution in [-0.2, 0) is 7.05 Å². The number of carbonyl (C=O) groups excluding carboxylic acids is 2. The summed E-state index contributed by atoms with van der Waals surface area (Å²) < 4.78 is 1.75. The molecule has 0 bridgehead atoms. The van der Waals surface area contributed by atoms with E-state index in [1.54, 1.807) is 10.7 Å². The summed E-state index contributed by atoms with van der Waals surface area (Å²) in [6, 6.07) is 9.18. The Morgan fingerprint density at radius 2 is 2.10 bits per heavy atom. The van der Waals surface area contributed by atoms with Gasteiger partial charge in [-0.05, 0) is 42.6 Å². The first-order valence-corrected chi connectivity index (χ1v) is 10.6. The number of piperidine rings is 1. The molecule has 2 aromatic heterocycles. The zero-order chi connectivity index (χ0) is 21.1. The highest BCUT2D eigenvalue weighted by Gasteiger charge is 2.22. The molecule has 8 nitrogen and oxygen atoms in total. The molecule has 0 saturated carbocycles. The molecule has 3 amide bonds. The van der Waals surface area contributed by atoms with Crippen LogP contribution >= 0.6 is 11.3 Å². The highest BCUT2D eigenvalue weighted by Crippen LogP contribution is 2.36. The lowest BCUT2D eigenvalue weighted by molar-refractivity contribution is 0.0935. The molecule has 0 aliphatic carbocycles. The maximum atomic E-state index is 12.9. The average molecular weight is 425 g/mol. The second kappa shape index (κ2) is 8.68. The molecular formula is C21H24N6O2S. The van der Waals surface area contributed by atoms with Gasteiger partial charge in [-0.3, -0.25) is 9.48 Å². The topological polar surface area (TPSA) is 114 Å². The molecule has 5 N–H and O–H groups in total. The molecule has 156 valence electrons. The lowest BCUT2D eigenvalue weighted by Gasteiger charge is -2.23. The third-order valence-corrected chi connectivity index (χ3v) is 6.20. The zero-order valence-corrected chi connectivity index (χ0v) is 17.5. The molecule has 3 heterocycles. The first-order chi connectivity index (χ1) is 14.5.